The molecule has 1 aromatic rings. The molecule has 0 aliphatic carbocycles. The van der Waals surface area contributed by atoms with Gasteiger partial charge in [-0.15, -0.1) is 0 Å². The number of nitrogens with zero attached hydrogens (tertiary/aromatic N) is 2. The fraction of sp³-hybridized carbons (Fsp3) is 0.655. The number of likely N-dealkylation sites (N-methyl/N-ethyl adjacent to an activating group) is 2. The second-order valence-corrected chi connectivity index (χ2v) is 12.7. The molecule has 0 heterocycles. The van der Waals surface area contributed by atoms with E-state index >= 15 is 0 Å². The van der Waals surface area contributed by atoms with Gasteiger partial charge in [-0.1, -0.05) is 78.8 Å². The fourth-order valence-electron chi connectivity index (χ4n) is 4.37. The van der Waals surface area contributed by atoms with Crippen LogP contribution in [-0.2, 0) is 24.5 Å². The smallest absolute Gasteiger partial charge is 0.410 e. The van der Waals surface area contributed by atoms with Crippen LogP contribution in [0.3, 0.4) is 0 Å². The van der Waals surface area contributed by atoms with Gasteiger partial charge in [-0.2, -0.15) is 0 Å². The summed E-state index contributed by atoms with van der Waals surface area (Å²) in [5.41, 5.74) is -1.41. The van der Waals surface area contributed by atoms with Gasteiger partial charge in [-0.3, -0.25) is 14.5 Å². The van der Waals surface area contributed by atoms with Gasteiger partial charge in [0, 0.05) is 19.5 Å². The maximum absolute atomic E-state index is 14.0. The Morgan fingerprint density at radius 3 is 1.81 bits per heavy atom. The summed E-state index contributed by atoms with van der Waals surface area (Å²) in [7, 11) is 3.11. The number of nitrogens with one attached hydrogen (secondary N) is 1. The number of hydrogen-bond acceptors (Lipinski definition) is 5. The predicted octanol–water partition coefficient (Wildman–Crippen LogP) is 4.41. The Hall–Kier alpha value is -2.90. The Kier molecular flexibility index (Phi) is 10.5. The number of hydrogen-bond donors (Lipinski definition) is 1. The van der Waals surface area contributed by atoms with Gasteiger partial charge >= 0.3 is 6.09 Å². The molecule has 0 saturated heterocycles. The van der Waals surface area contributed by atoms with Crippen LogP contribution in [0.15, 0.2) is 30.3 Å². The molecule has 0 aliphatic rings. The first-order chi connectivity index (χ1) is 16.8. The van der Waals surface area contributed by atoms with Crippen LogP contribution in [0, 0.1) is 11.3 Å². The average molecular weight is 518 g/mol. The van der Waals surface area contributed by atoms with Gasteiger partial charge in [0.15, 0.2) is 0 Å². The molecule has 1 rings (SSSR count). The molecule has 1 N–H and O–H groups in total. The molecule has 3 amide bonds. The van der Waals surface area contributed by atoms with Crippen LogP contribution in [0.4, 0.5) is 4.79 Å². The maximum Gasteiger partial charge on any atom is 0.410 e. The van der Waals surface area contributed by atoms with E-state index in [-0.39, 0.29) is 11.8 Å². The van der Waals surface area contributed by atoms with Crippen LogP contribution in [-0.4, -0.2) is 71.8 Å². The van der Waals surface area contributed by atoms with E-state index in [1.54, 1.807) is 27.8 Å². The molecule has 0 bridgehead atoms. The molecule has 37 heavy (non-hydrogen) atoms. The van der Waals surface area contributed by atoms with Gasteiger partial charge < -0.3 is 19.7 Å². The van der Waals surface area contributed by atoms with E-state index < -0.39 is 46.6 Å². The van der Waals surface area contributed by atoms with Crippen molar-refractivity contribution in [1.29, 1.82) is 0 Å². The molecule has 0 unspecified atom stereocenters. The molecule has 1 aromatic carbocycles. The predicted molar refractivity (Wildman–Crippen MR) is 146 cm³/mol. The second kappa shape index (κ2) is 12.1. The third-order valence-electron chi connectivity index (χ3n) is 6.54. The van der Waals surface area contributed by atoms with E-state index in [4.69, 9.17) is 4.74 Å². The Morgan fingerprint density at radius 1 is 0.892 bits per heavy atom. The molecule has 8 nitrogen and oxygen atoms in total. The lowest BCUT2D eigenvalue weighted by molar-refractivity contribution is -0.144. The Bertz CT molecular complexity index is 945. The quantitative estimate of drug-likeness (QED) is 0.490. The molecular weight excluding hydrogens is 470 g/mol. The summed E-state index contributed by atoms with van der Waals surface area (Å²) < 4.78 is 5.58. The minimum Gasteiger partial charge on any atom is -0.444 e. The van der Waals surface area contributed by atoms with Crippen molar-refractivity contribution in [3.8, 4) is 0 Å². The summed E-state index contributed by atoms with van der Waals surface area (Å²) in [5.74, 6) is -0.954. The van der Waals surface area contributed by atoms with E-state index in [0.29, 0.717) is 0 Å². The summed E-state index contributed by atoms with van der Waals surface area (Å²) in [6.45, 7) is 18.3. The third-order valence-corrected chi connectivity index (χ3v) is 6.54. The number of carbonyl (C=O) groups is 4. The summed E-state index contributed by atoms with van der Waals surface area (Å²) in [6.07, 6.45) is 0.107. The van der Waals surface area contributed by atoms with Gasteiger partial charge in [0.1, 0.15) is 24.0 Å². The van der Waals surface area contributed by atoms with Crippen molar-refractivity contribution in [2.75, 3.05) is 14.1 Å². The summed E-state index contributed by atoms with van der Waals surface area (Å²) in [6, 6.07) is 6.88. The minimum atomic E-state index is -1.00. The highest BCUT2D eigenvalue weighted by atomic mass is 16.6. The monoisotopic (exact) mass is 517 g/mol. The molecule has 0 aliphatic heterocycles. The zero-order valence-electron chi connectivity index (χ0n) is 24.7. The van der Waals surface area contributed by atoms with Gasteiger partial charge in [-0.05, 0) is 37.7 Å². The molecule has 208 valence electrons. The number of rotatable bonds is 9. The largest absolute Gasteiger partial charge is 0.444 e. The Morgan fingerprint density at radius 2 is 1.41 bits per heavy atom. The van der Waals surface area contributed by atoms with E-state index in [0.717, 1.165) is 11.8 Å². The van der Waals surface area contributed by atoms with Crippen LogP contribution < -0.4 is 5.32 Å². The standard InChI is InChI=1S/C29H47N3O5/c1-19(2)21(18-33)31(11)25(35)22(27(3,4)5)30-24(34)23(32(12)26(36)37-28(6,7)8)29(9,10)20-16-14-13-15-17-20/h13-19,21-23H,1-12H3,(H,30,34)/t21-,22-,23-/m1/s1. The number of benzene rings is 1. The van der Waals surface area contributed by atoms with Gasteiger partial charge in [0.05, 0.1) is 6.04 Å². The van der Waals surface area contributed by atoms with Crippen molar-refractivity contribution in [2.24, 2.45) is 11.3 Å². The normalized spacial score (nSPS) is 14.8. The van der Waals surface area contributed by atoms with Crippen molar-refractivity contribution in [2.45, 2.75) is 98.4 Å². The van der Waals surface area contributed by atoms with Gasteiger partial charge in [0.2, 0.25) is 11.8 Å². The summed E-state index contributed by atoms with van der Waals surface area (Å²) in [4.78, 5) is 55.2. The Labute approximate surface area is 223 Å². The average Bonchev–Trinajstić information content (AvgIpc) is 2.75. The molecule has 0 fully saturated rings. The lowest BCUT2D eigenvalue weighted by Gasteiger charge is -2.42. The molecular formula is C29H47N3O5. The van der Waals surface area contributed by atoms with Crippen LogP contribution in [0.2, 0.25) is 0 Å². The highest BCUT2D eigenvalue weighted by Crippen LogP contribution is 2.32. The van der Waals surface area contributed by atoms with Crippen LogP contribution >= 0.6 is 0 Å². The van der Waals surface area contributed by atoms with E-state index in [9.17, 15) is 19.2 Å². The highest BCUT2D eigenvalue weighted by Gasteiger charge is 2.45. The van der Waals surface area contributed by atoms with Crippen molar-refractivity contribution in [3.63, 3.8) is 0 Å². The zero-order chi connectivity index (χ0) is 28.9. The minimum absolute atomic E-state index is 0.0918. The molecule has 0 saturated carbocycles. The number of carbonyl (C=O) groups excluding carboxylic acids is 4. The molecule has 3 atom stereocenters. The lowest BCUT2D eigenvalue weighted by Crippen LogP contribution is -2.63. The van der Waals surface area contributed by atoms with E-state index in [1.807, 2.05) is 78.8 Å². The topological polar surface area (TPSA) is 96.0 Å². The van der Waals surface area contributed by atoms with Crippen molar-refractivity contribution in [3.05, 3.63) is 35.9 Å². The highest BCUT2D eigenvalue weighted by molar-refractivity contribution is 5.93. The zero-order valence-corrected chi connectivity index (χ0v) is 24.7. The summed E-state index contributed by atoms with van der Waals surface area (Å²) >= 11 is 0. The molecule has 0 spiro atoms. The van der Waals surface area contributed by atoms with Crippen LogP contribution in [0.1, 0.15) is 74.8 Å². The second-order valence-electron chi connectivity index (χ2n) is 12.7. The van der Waals surface area contributed by atoms with Crippen molar-refractivity contribution >= 4 is 24.2 Å². The van der Waals surface area contributed by atoms with Crippen LogP contribution in [0.5, 0.6) is 0 Å². The molecule has 0 radical (unpaired) electrons. The molecule has 8 heteroatoms. The lowest BCUT2D eigenvalue weighted by atomic mass is 9.76. The Balaban J connectivity index is 3.53. The van der Waals surface area contributed by atoms with Gasteiger partial charge in [0.25, 0.3) is 0 Å². The summed E-state index contributed by atoms with van der Waals surface area (Å²) in [5, 5.41) is 2.93. The van der Waals surface area contributed by atoms with Crippen LogP contribution in [0.25, 0.3) is 0 Å². The maximum atomic E-state index is 14.0. The van der Waals surface area contributed by atoms with Gasteiger partial charge in [-0.25, -0.2) is 4.79 Å². The number of aldehydes is 1. The number of amides is 3. The van der Waals surface area contributed by atoms with Crippen molar-refractivity contribution < 1.29 is 23.9 Å². The first-order valence-corrected chi connectivity index (χ1v) is 12.8. The van der Waals surface area contributed by atoms with E-state index in [1.165, 1.54) is 16.8 Å². The third kappa shape index (κ3) is 8.30. The van der Waals surface area contributed by atoms with Crippen molar-refractivity contribution in [1.82, 2.24) is 15.1 Å². The first-order valence-electron chi connectivity index (χ1n) is 12.8. The SMILES string of the molecule is CC(C)[C@@H](C=O)N(C)C(=O)[C@@H](NC(=O)[C@@H](N(C)C(=O)OC(C)(C)C)C(C)(C)c1ccccc1)C(C)(C)C. The fourth-order valence-corrected chi connectivity index (χ4v) is 4.37. The molecule has 0 aromatic heterocycles. The number of ether oxygens (including phenoxy) is 1. The van der Waals surface area contributed by atoms with E-state index in [2.05, 4.69) is 5.32 Å². The first kappa shape index (κ1) is 32.1.